The summed E-state index contributed by atoms with van der Waals surface area (Å²) in [5.74, 6) is 1.10. The predicted molar refractivity (Wildman–Crippen MR) is 111 cm³/mol. The van der Waals surface area contributed by atoms with Crippen LogP contribution in [0.25, 0.3) is 16.8 Å². The minimum absolute atomic E-state index is 0.0161. The predicted octanol–water partition coefficient (Wildman–Crippen LogP) is 3.02. The summed E-state index contributed by atoms with van der Waals surface area (Å²) in [6.45, 7) is 3.93. The molecule has 3 rings (SSSR count). The number of methoxy groups -OCH3 is 1. The van der Waals surface area contributed by atoms with Gasteiger partial charge >= 0.3 is 6.09 Å². The van der Waals surface area contributed by atoms with Gasteiger partial charge in [-0.1, -0.05) is 24.8 Å². The number of β-amino-alcohol motifs (C(OH)–C–C–N with tert-alkyl or cyclic N) is 1. The molecule has 28 heavy (non-hydrogen) atoms. The van der Waals surface area contributed by atoms with E-state index in [1.807, 2.05) is 24.3 Å². The zero-order valence-electron chi connectivity index (χ0n) is 15.6. The number of benzene rings is 2. The number of hydrogen-bond donors (Lipinski definition) is 2. The van der Waals surface area contributed by atoms with E-state index in [1.165, 1.54) is 4.90 Å². The van der Waals surface area contributed by atoms with Crippen molar-refractivity contribution in [1.82, 2.24) is 4.90 Å². The third kappa shape index (κ3) is 3.72. The summed E-state index contributed by atoms with van der Waals surface area (Å²) in [6.07, 6.45) is 1.86. The molecule has 1 fully saturated rings. The van der Waals surface area contributed by atoms with Gasteiger partial charge in [0.25, 0.3) is 0 Å². The molecule has 148 valence electrons. The smallest absolute Gasteiger partial charge is 0.410 e. The first-order valence-electron chi connectivity index (χ1n) is 8.92. The van der Waals surface area contributed by atoms with Crippen molar-refractivity contribution in [3.63, 3.8) is 0 Å². The number of carbonyl (C=O) groups is 2. The van der Waals surface area contributed by atoms with E-state index >= 15 is 0 Å². The number of carbonyl (C=O) groups excluding carboxylic acids is 2. The van der Waals surface area contributed by atoms with E-state index in [0.29, 0.717) is 23.4 Å². The molecular weight excluding hydrogens is 378 g/mol. The van der Waals surface area contributed by atoms with Crippen LogP contribution in [0.5, 0.6) is 5.75 Å². The zero-order valence-corrected chi connectivity index (χ0v) is 16.5. The Morgan fingerprint density at radius 1 is 1.39 bits per heavy atom. The van der Waals surface area contributed by atoms with Crippen molar-refractivity contribution in [3.05, 3.63) is 48.0 Å². The molecule has 0 aromatic heterocycles. The molecule has 0 spiro atoms. The highest BCUT2D eigenvalue weighted by molar-refractivity contribution is 7.80. The first-order valence-corrected chi connectivity index (χ1v) is 9.55. The Balaban J connectivity index is 1.95. The van der Waals surface area contributed by atoms with Gasteiger partial charge in [0, 0.05) is 17.7 Å². The molecule has 0 bridgehead atoms. The lowest BCUT2D eigenvalue weighted by Gasteiger charge is -2.24. The van der Waals surface area contributed by atoms with E-state index in [2.05, 4.69) is 19.2 Å². The summed E-state index contributed by atoms with van der Waals surface area (Å²) in [4.78, 5) is 25.0. The molecule has 0 saturated carbocycles. The van der Waals surface area contributed by atoms with Gasteiger partial charge in [0.1, 0.15) is 24.2 Å². The summed E-state index contributed by atoms with van der Waals surface area (Å²) < 4.78 is 10.5. The van der Waals surface area contributed by atoms with Gasteiger partial charge in [-0.15, -0.1) is 0 Å². The Bertz CT molecular complexity index is 915. The highest BCUT2D eigenvalue weighted by Gasteiger charge is 2.46. The Hall–Kier alpha value is -2.51. The lowest BCUT2D eigenvalue weighted by atomic mass is 9.89. The van der Waals surface area contributed by atoms with Gasteiger partial charge in [-0.2, -0.15) is 12.6 Å². The van der Waals surface area contributed by atoms with Crippen molar-refractivity contribution < 1.29 is 24.2 Å². The largest absolute Gasteiger partial charge is 0.496 e. The monoisotopic (exact) mass is 401 g/mol. The first-order chi connectivity index (χ1) is 13.5. The number of hydrogen-bond acceptors (Lipinski definition) is 6. The Labute approximate surface area is 169 Å². The van der Waals surface area contributed by atoms with Crippen LogP contribution in [0.2, 0.25) is 0 Å². The van der Waals surface area contributed by atoms with E-state index in [1.54, 1.807) is 19.3 Å². The number of thiol groups is 1. The molecule has 1 saturated heterocycles. The normalized spacial score (nSPS) is 21.5. The number of ether oxygens (including phenoxy) is 2. The molecule has 1 heterocycles. The summed E-state index contributed by atoms with van der Waals surface area (Å²) in [5.41, 5.74) is 0.137. The summed E-state index contributed by atoms with van der Waals surface area (Å²) in [5, 5.41) is 13.1. The summed E-state index contributed by atoms with van der Waals surface area (Å²) in [6, 6.07) is 8.65. The van der Waals surface area contributed by atoms with Crippen molar-refractivity contribution >= 4 is 41.9 Å². The van der Waals surface area contributed by atoms with Gasteiger partial charge in [-0.3, -0.25) is 4.90 Å². The van der Waals surface area contributed by atoms with Crippen LogP contribution in [-0.2, 0) is 15.1 Å². The Morgan fingerprint density at radius 2 is 2.18 bits per heavy atom. The Morgan fingerprint density at radius 3 is 2.82 bits per heavy atom. The zero-order chi connectivity index (χ0) is 20.3. The lowest BCUT2D eigenvalue weighted by molar-refractivity contribution is -0.111. The maximum atomic E-state index is 12.2. The average molecular weight is 401 g/mol. The number of amides is 1. The fourth-order valence-corrected chi connectivity index (χ4v) is 3.68. The van der Waals surface area contributed by atoms with E-state index in [9.17, 15) is 14.7 Å². The summed E-state index contributed by atoms with van der Waals surface area (Å²) >= 11 is 4.01. The van der Waals surface area contributed by atoms with Gasteiger partial charge in [-0.25, -0.2) is 4.79 Å². The van der Waals surface area contributed by atoms with Crippen molar-refractivity contribution in [2.24, 2.45) is 0 Å². The van der Waals surface area contributed by atoms with Crippen LogP contribution in [0.15, 0.2) is 36.9 Å². The van der Waals surface area contributed by atoms with Crippen LogP contribution in [0.4, 0.5) is 4.79 Å². The van der Waals surface area contributed by atoms with E-state index in [0.717, 1.165) is 16.3 Å². The molecule has 2 atom stereocenters. The second kappa shape index (κ2) is 8.24. The fourth-order valence-electron chi connectivity index (χ4n) is 3.59. The minimum atomic E-state index is -1.34. The molecule has 1 N–H and O–H groups in total. The van der Waals surface area contributed by atoms with Gasteiger partial charge in [0.15, 0.2) is 0 Å². The molecule has 1 amide bonds. The van der Waals surface area contributed by atoms with Gasteiger partial charge in [0.05, 0.1) is 19.7 Å². The SMILES string of the molecule is C=Cc1cc2cc([C@]3(O)C[C@@H](C=O)N(C(=O)OCCS)C3)ccc2cc1OC. The van der Waals surface area contributed by atoms with Gasteiger partial charge < -0.3 is 19.4 Å². The Kier molecular flexibility index (Phi) is 5.96. The quantitative estimate of drug-likeness (QED) is 0.575. The number of aliphatic hydroxyl groups is 1. The third-order valence-corrected chi connectivity index (χ3v) is 5.22. The maximum Gasteiger partial charge on any atom is 0.410 e. The highest BCUT2D eigenvalue weighted by atomic mass is 32.1. The molecule has 2 aromatic carbocycles. The number of fused-ring (bicyclic) bond motifs is 1. The molecular formula is C21H23NO5S. The molecule has 1 aliphatic rings. The number of rotatable bonds is 6. The van der Waals surface area contributed by atoms with E-state index < -0.39 is 17.7 Å². The van der Waals surface area contributed by atoms with Crippen LogP contribution in [0, 0.1) is 0 Å². The van der Waals surface area contributed by atoms with Crippen LogP contribution in [-0.4, -0.2) is 54.4 Å². The standard InChI is InChI=1S/C21H23NO5S/c1-3-14-8-16-9-17(5-4-15(16)10-19(14)26-2)21(25)11-18(12-23)22(13-21)20(24)27-6-7-28/h3-5,8-10,12,18,25,28H,1,6-7,11,13H2,2H3/t18-,21-/m0/s1. The molecule has 2 aromatic rings. The van der Waals surface area contributed by atoms with Crippen LogP contribution in [0.3, 0.4) is 0 Å². The van der Waals surface area contributed by atoms with Crippen molar-refractivity contribution in [3.8, 4) is 5.75 Å². The van der Waals surface area contributed by atoms with E-state index in [4.69, 9.17) is 9.47 Å². The fraction of sp³-hybridized carbons (Fsp3) is 0.333. The average Bonchev–Trinajstić information content (AvgIpc) is 3.08. The van der Waals surface area contributed by atoms with Gasteiger partial charge in [0.2, 0.25) is 0 Å². The minimum Gasteiger partial charge on any atom is -0.496 e. The topological polar surface area (TPSA) is 76.1 Å². The molecule has 0 aliphatic carbocycles. The number of aldehydes is 1. The lowest BCUT2D eigenvalue weighted by Crippen LogP contribution is -2.38. The van der Waals surface area contributed by atoms with E-state index in [-0.39, 0.29) is 19.6 Å². The first kappa shape index (κ1) is 20.2. The van der Waals surface area contributed by atoms with Crippen LogP contribution < -0.4 is 4.74 Å². The van der Waals surface area contributed by atoms with Crippen molar-refractivity contribution in [2.75, 3.05) is 26.0 Å². The molecule has 1 aliphatic heterocycles. The summed E-state index contributed by atoms with van der Waals surface area (Å²) in [7, 11) is 1.60. The van der Waals surface area contributed by atoms with Crippen LogP contribution >= 0.6 is 12.6 Å². The molecule has 0 unspecified atom stereocenters. The van der Waals surface area contributed by atoms with Crippen molar-refractivity contribution in [2.45, 2.75) is 18.1 Å². The third-order valence-electron chi connectivity index (χ3n) is 5.03. The van der Waals surface area contributed by atoms with Gasteiger partial charge in [-0.05, 0) is 34.5 Å². The number of likely N-dealkylation sites (tertiary alicyclic amines) is 1. The second-order valence-corrected chi connectivity index (χ2v) is 7.21. The number of nitrogens with zero attached hydrogens (tertiary/aromatic N) is 1. The molecule has 6 nitrogen and oxygen atoms in total. The highest BCUT2D eigenvalue weighted by Crippen LogP contribution is 2.38. The molecule has 0 radical (unpaired) electrons. The van der Waals surface area contributed by atoms with Crippen LogP contribution in [0.1, 0.15) is 17.5 Å². The van der Waals surface area contributed by atoms with Crippen molar-refractivity contribution in [1.29, 1.82) is 0 Å². The maximum absolute atomic E-state index is 12.2. The molecule has 7 heteroatoms. The second-order valence-electron chi connectivity index (χ2n) is 6.77.